The van der Waals surface area contributed by atoms with Gasteiger partial charge in [-0.15, -0.1) is 0 Å². The van der Waals surface area contributed by atoms with E-state index in [1.54, 1.807) is 24.3 Å². The molecule has 0 unspecified atom stereocenters. The molecule has 0 saturated carbocycles. The van der Waals surface area contributed by atoms with Crippen molar-refractivity contribution in [1.82, 2.24) is 0 Å². The third-order valence-corrected chi connectivity index (χ3v) is 3.79. The number of anilines is 1. The lowest BCUT2D eigenvalue weighted by Gasteiger charge is -2.26. The van der Waals surface area contributed by atoms with Gasteiger partial charge in [-0.3, -0.25) is 4.79 Å². The third kappa shape index (κ3) is 5.20. The van der Waals surface area contributed by atoms with E-state index in [9.17, 15) is 14.0 Å². The Balaban J connectivity index is 1.97. The monoisotopic (exact) mass is 379 g/mol. The van der Waals surface area contributed by atoms with Gasteiger partial charge in [-0.2, -0.15) is 0 Å². The fourth-order valence-electron chi connectivity index (χ4n) is 1.99. The molecule has 0 aliphatic rings. The standard InChI is InChI=1S/C19H19ClFNO4/c1-12(17(23)22-16-7-5-4-6-15(16)20)25-18(24)19(2,3)26-14-10-8-13(21)9-11-14/h4-12H,1-3H3,(H,22,23)/t12-/m0/s1. The van der Waals surface area contributed by atoms with Crippen molar-refractivity contribution < 1.29 is 23.5 Å². The molecular formula is C19H19ClFNO4. The quantitative estimate of drug-likeness (QED) is 0.764. The lowest BCUT2D eigenvalue weighted by Crippen LogP contribution is -2.43. The molecule has 0 aliphatic heterocycles. The molecule has 7 heteroatoms. The number of ether oxygens (including phenoxy) is 2. The number of carbonyl (C=O) groups is 2. The van der Waals surface area contributed by atoms with Crippen LogP contribution in [0.3, 0.4) is 0 Å². The highest BCUT2D eigenvalue weighted by molar-refractivity contribution is 6.33. The molecular weight excluding hydrogens is 361 g/mol. The van der Waals surface area contributed by atoms with Crippen LogP contribution in [0.2, 0.25) is 5.02 Å². The van der Waals surface area contributed by atoms with Crippen molar-refractivity contribution in [3.05, 3.63) is 59.4 Å². The SMILES string of the molecule is C[C@H](OC(=O)C(C)(C)Oc1ccc(F)cc1)C(=O)Nc1ccccc1Cl. The molecule has 0 heterocycles. The predicted octanol–water partition coefficient (Wildman–Crippen LogP) is 4.21. The molecule has 26 heavy (non-hydrogen) atoms. The van der Waals surface area contributed by atoms with Gasteiger partial charge in [-0.25, -0.2) is 9.18 Å². The molecule has 1 N–H and O–H groups in total. The highest BCUT2D eigenvalue weighted by Crippen LogP contribution is 2.22. The Bertz CT molecular complexity index is 792. The van der Waals surface area contributed by atoms with Gasteiger partial charge in [0.25, 0.3) is 5.91 Å². The van der Waals surface area contributed by atoms with Crippen LogP contribution >= 0.6 is 11.6 Å². The maximum atomic E-state index is 12.9. The zero-order valence-electron chi connectivity index (χ0n) is 14.6. The lowest BCUT2D eigenvalue weighted by atomic mass is 10.1. The van der Waals surface area contributed by atoms with Crippen LogP contribution in [0.25, 0.3) is 0 Å². The van der Waals surface area contributed by atoms with E-state index in [1.165, 1.54) is 45.0 Å². The zero-order chi connectivity index (χ0) is 19.3. The van der Waals surface area contributed by atoms with Gasteiger partial charge in [-0.1, -0.05) is 23.7 Å². The summed E-state index contributed by atoms with van der Waals surface area (Å²) in [4.78, 5) is 24.5. The van der Waals surface area contributed by atoms with Crippen molar-refractivity contribution in [3.63, 3.8) is 0 Å². The van der Waals surface area contributed by atoms with Crippen molar-refractivity contribution in [2.75, 3.05) is 5.32 Å². The summed E-state index contributed by atoms with van der Waals surface area (Å²) in [7, 11) is 0. The summed E-state index contributed by atoms with van der Waals surface area (Å²) in [5, 5.41) is 2.97. The van der Waals surface area contributed by atoms with E-state index in [2.05, 4.69) is 5.32 Å². The van der Waals surface area contributed by atoms with Gasteiger partial charge in [0, 0.05) is 0 Å². The summed E-state index contributed by atoms with van der Waals surface area (Å²) in [5.41, 5.74) is -0.944. The van der Waals surface area contributed by atoms with Gasteiger partial charge in [-0.05, 0) is 57.2 Å². The van der Waals surface area contributed by atoms with Crippen LogP contribution in [-0.4, -0.2) is 23.6 Å². The molecule has 2 aromatic carbocycles. The van der Waals surface area contributed by atoms with Crippen molar-refractivity contribution in [2.24, 2.45) is 0 Å². The number of benzene rings is 2. The number of rotatable bonds is 6. The van der Waals surface area contributed by atoms with Crippen LogP contribution in [-0.2, 0) is 14.3 Å². The van der Waals surface area contributed by atoms with Gasteiger partial charge < -0.3 is 14.8 Å². The van der Waals surface area contributed by atoms with E-state index in [-0.39, 0.29) is 0 Å². The highest BCUT2D eigenvalue weighted by Gasteiger charge is 2.34. The number of hydrogen-bond donors (Lipinski definition) is 1. The molecule has 0 saturated heterocycles. The molecule has 138 valence electrons. The second-order valence-corrected chi connectivity index (χ2v) is 6.49. The largest absolute Gasteiger partial charge is 0.476 e. The Morgan fingerprint density at radius 1 is 1.12 bits per heavy atom. The van der Waals surface area contributed by atoms with Crippen LogP contribution < -0.4 is 10.1 Å². The van der Waals surface area contributed by atoms with E-state index < -0.39 is 29.4 Å². The van der Waals surface area contributed by atoms with Crippen LogP contribution in [0.15, 0.2) is 48.5 Å². The first-order valence-electron chi connectivity index (χ1n) is 7.90. The average Bonchev–Trinajstić information content (AvgIpc) is 2.58. The van der Waals surface area contributed by atoms with Crippen LogP contribution in [0.4, 0.5) is 10.1 Å². The van der Waals surface area contributed by atoms with Gasteiger partial charge >= 0.3 is 5.97 Å². The van der Waals surface area contributed by atoms with Crippen molar-refractivity contribution >= 4 is 29.2 Å². The highest BCUT2D eigenvalue weighted by atomic mass is 35.5. The molecule has 0 aliphatic carbocycles. The summed E-state index contributed by atoms with van der Waals surface area (Å²) in [6, 6.07) is 12.0. The minimum atomic E-state index is -1.36. The van der Waals surface area contributed by atoms with E-state index in [4.69, 9.17) is 21.1 Å². The zero-order valence-corrected chi connectivity index (χ0v) is 15.3. The number of nitrogens with one attached hydrogen (secondary N) is 1. The Labute approximate surface area is 156 Å². The van der Waals surface area contributed by atoms with E-state index in [0.29, 0.717) is 16.5 Å². The van der Waals surface area contributed by atoms with Crippen LogP contribution in [0.5, 0.6) is 5.75 Å². The van der Waals surface area contributed by atoms with Crippen LogP contribution in [0, 0.1) is 5.82 Å². The maximum absolute atomic E-state index is 12.9. The van der Waals surface area contributed by atoms with E-state index in [0.717, 1.165) is 0 Å². The molecule has 1 atom stereocenters. The van der Waals surface area contributed by atoms with Crippen molar-refractivity contribution in [3.8, 4) is 5.75 Å². The second-order valence-electron chi connectivity index (χ2n) is 6.08. The third-order valence-electron chi connectivity index (χ3n) is 3.46. The Morgan fingerprint density at radius 2 is 1.73 bits per heavy atom. The Hall–Kier alpha value is -2.60. The summed E-state index contributed by atoms with van der Waals surface area (Å²) < 4.78 is 23.7. The summed E-state index contributed by atoms with van der Waals surface area (Å²) in [6.45, 7) is 4.44. The van der Waals surface area contributed by atoms with E-state index in [1.807, 2.05) is 0 Å². The van der Waals surface area contributed by atoms with Crippen LogP contribution in [0.1, 0.15) is 20.8 Å². The first kappa shape index (κ1) is 19.7. The lowest BCUT2D eigenvalue weighted by molar-refractivity contribution is -0.166. The smallest absolute Gasteiger partial charge is 0.350 e. The first-order valence-corrected chi connectivity index (χ1v) is 8.28. The normalized spacial score (nSPS) is 12.2. The number of halogens is 2. The Kier molecular flexibility index (Phi) is 6.21. The number of carbonyl (C=O) groups excluding carboxylic acids is 2. The molecule has 0 fully saturated rings. The fourth-order valence-corrected chi connectivity index (χ4v) is 2.17. The molecule has 1 amide bonds. The average molecular weight is 380 g/mol. The number of hydrogen-bond acceptors (Lipinski definition) is 4. The number of amides is 1. The summed E-state index contributed by atoms with van der Waals surface area (Å²) in [6.07, 6.45) is -1.06. The van der Waals surface area contributed by atoms with Gasteiger partial charge in [0.2, 0.25) is 0 Å². The molecule has 2 rings (SSSR count). The Morgan fingerprint density at radius 3 is 2.35 bits per heavy atom. The van der Waals surface area contributed by atoms with Gasteiger partial charge in [0.1, 0.15) is 11.6 Å². The summed E-state index contributed by atoms with van der Waals surface area (Å²) in [5.74, 6) is -1.36. The molecule has 5 nitrogen and oxygen atoms in total. The number of para-hydroxylation sites is 1. The minimum Gasteiger partial charge on any atom is -0.476 e. The molecule has 2 aromatic rings. The molecule has 0 spiro atoms. The molecule has 0 radical (unpaired) electrons. The van der Waals surface area contributed by atoms with E-state index >= 15 is 0 Å². The molecule has 0 aromatic heterocycles. The van der Waals surface area contributed by atoms with Crippen molar-refractivity contribution in [1.29, 1.82) is 0 Å². The van der Waals surface area contributed by atoms with Gasteiger partial charge in [0.15, 0.2) is 11.7 Å². The number of esters is 1. The maximum Gasteiger partial charge on any atom is 0.350 e. The topological polar surface area (TPSA) is 64.6 Å². The van der Waals surface area contributed by atoms with Crippen molar-refractivity contribution in [2.45, 2.75) is 32.5 Å². The first-order chi connectivity index (χ1) is 12.2. The minimum absolute atomic E-state index is 0.307. The summed E-state index contributed by atoms with van der Waals surface area (Å²) >= 11 is 5.98. The van der Waals surface area contributed by atoms with Gasteiger partial charge in [0.05, 0.1) is 10.7 Å². The fraction of sp³-hybridized carbons (Fsp3) is 0.263. The second kappa shape index (κ2) is 8.19. The molecule has 0 bridgehead atoms. The predicted molar refractivity (Wildman–Crippen MR) is 96.7 cm³/mol.